The number of piperidine rings is 1. The summed E-state index contributed by atoms with van der Waals surface area (Å²) in [5.41, 5.74) is 1.81. The van der Waals surface area contributed by atoms with Crippen molar-refractivity contribution in [2.75, 3.05) is 13.2 Å². The van der Waals surface area contributed by atoms with Gasteiger partial charge in [0.15, 0.2) is 6.61 Å². The summed E-state index contributed by atoms with van der Waals surface area (Å²) in [7, 11) is 0. The number of hydrogen-bond acceptors (Lipinski definition) is 4. The smallest absolute Gasteiger partial charge is 0.336 e. The molecule has 1 aliphatic carbocycles. The van der Waals surface area contributed by atoms with E-state index in [0.717, 1.165) is 35.9 Å². The number of ether oxygens (including phenoxy) is 1. The van der Waals surface area contributed by atoms with Crippen LogP contribution < -0.4 is 10.4 Å². The fourth-order valence-corrected chi connectivity index (χ4v) is 4.81. The number of carbonyl (C=O) groups excluding carboxylic acids is 1. The fraction of sp³-hybridized carbons (Fsp3) is 0.545. The van der Waals surface area contributed by atoms with Crippen LogP contribution >= 0.6 is 0 Å². The Morgan fingerprint density at radius 1 is 1.19 bits per heavy atom. The Hall–Kier alpha value is -2.30. The maximum Gasteiger partial charge on any atom is 0.336 e. The molecule has 1 aromatic heterocycles. The first-order chi connectivity index (χ1) is 13.0. The summed E-state index contributed by atoms with van der Waals surface area (Å²) in [5, 5.41) is 0.895. The average molecular weight is 369 g/mol. The van der Waals surface area contributed by atoms with Gasteiger partial charge in [-0.2, -0.15) is 0 Å². The van der Waals surface area contributed by atoms with E-state index in [-0.39, 0.29) is 18.1 Å². The van der Waals surface area contributed by atoms with Gasteiger partial charge in [0.2, 0.25) is 0 Å². The number of aryl methyl sites for hydroxylation is 2. The van der Waals surface area contributed by atoms with Gasteiger partial charge in [0.1, 0.15) is 11.3 Å². The van der Waals surface area contributed by atoms with E-state index in [1.807, 2.05) is 30.9 Å². The molecule has 2 aliphatic rings. The Labute approximate surface area is 159 Å². The number of fused-ring (bicyclic) bond motifs is 2. The van der Waals surface area contributed by atoms with Crippen molar-refractivity contribution in [1.82, 2.24) is 4.90 Å². The van der Waals surface area contributed by atoms with Crippen LogP contribution in [0.25, 0.3) is 11.0 Å². The van der Waals surface area contributed by atoms with E-state index in [0.29, 0.717) is 23.3 Å². The second-order valence-electron chi connectivity index (χ2n) is 7.94. The van der Waals surface area contributed by atoms with Crippen molar-refractivity contribution in [1.29, 1.82) is 0 Å². The zero-order chi connectivity index (χ0) is 19.0. The molecule has 0 N–H and O–H groups in total. The summed E-state index contributed by atoms with van der Waals surface area (Å²) in [6.07, 6.45) is 7.21. The topological polar surface area (TPSA) is 59.8 Å². The maximum atomic E-state index is 12.8. The summed E-state index contributed by atoms with van der Waals surface area (Å²) >= 11 is 0. The molecule has 1 aromatic carbocycles. The van der Waals surface area contributed by atoms with Crippen LogP contribution in [0.3, 0.4) is 0 Å². The van der Waals surface area contributed by atoms with Crippen molar-refractivity contribution in [2.45, 2.75) is 58.4 Å². The zero-order valence-electron chi connectivity index (χ0n) is 16.1. The van der Waals surface area contributed by atoms with Crippen LogP contribution in [-0.4, -0.2) is 30.0 Å². The molecular weight excluding hydrogens is 342 g/mol. The van der Waals surface area contributed by atoms with Gasteiger partial charge in [-0.1, -0.05) is 12.8 Å². The van der Waals surface area contributed by atoms with Crippen molar-refractivity contribution >= 4 is 16.9 Å². The molecule has 0 unspecified atom stereocenters. The first-order valence-electron chi connectivity index (χ1n) is 10.0. The van der Waals surface area contributed by atoms with Gasteiger partial charge in [-0.3, -0.25) is 4.79 Å². The van der Waals surface area contributed by atoms with Crippen LogP contribution in [0.5, 0.6) is 5.75 Å². The third-order valence-electron chi connectivity index (χ3n) is 6.23. The minimum atomic E-state index is -0.368. The summed E-state index contributed by atoms with van der Waals surface area (Å²) < 4.78 is 11.2. The lowest BCUT2D eigenvalue weighted by Crippen LogP contribution is -2.51. The van der Waals surface area contributed by atoms with Gasteiger partial charge in [0.05, 0.1) is 0 Å². The first kappa shape index (κ1) is 18.1. The fourth-order valence-electron chi connectivity index (χ4n) is 4.81. The molecule has 0 radical (unpaired) electrons. The molecule has 1 amide bonds. The summed E-state index contributed by atoms with van der Waals surface area (Å²) in [4.78, 5) is 26.6. The van der Waals surface area contributed by atoms with Crippen LogP contribution in [0.2, 0.25) is 0 Å². The van der Waals surface area contributed by atoms with E-state index in [4.69, 9.17) is 9.15 Å². The van der Waals surface area contributed by atoms with Crippen LogP contribution in [0.4, 0.5) is 0 Å². The molecule has 0 spiro atoms. The largest absolute Gasteiger partial charge is 0.483 e. The predicted molar refractivity (Wildman–Crippen MR) is 104 cm³/mol. The molecule has 1 saturated carbocycles. The van der Waals surface area contributed by atoms with E-state index < -0.39 is 0 Å². The predicted octanol–water partition coefficient (Wildman–Crippen LogP) is 3.97. The minimum Gasteiger partial charge on any atom is -0.483 e. The van der Waals surface area contributed by atoms with Crippen molar-refractivity contribution in [2.24, 2.45) is 5.92 Å². The lowest BCUT2D eigenvalue weighted by atomic mass is 9.78. The average Bonchev–Trinajstić information content (AvgIpc) is 2.67. The lowest BCUT2D eigenvalue weighted by molar-refractivity contribution is -0.139. The van der Waals surface area contributed by atoms with Gasteiger partial charge >= 0.3 is 5.63 Å². The van der Waals surface area contributed by atoms with Crippen LogP contribution in [-0.2, 0) is 4.79 Å². The number of rotatable bonds is 3. The van der Waals surface area contributed by atoms with Gasteiger partial charge in [-0.25, -0.2) is 4.79 Å². The number of nitrogens with zero attached hydrogens (tertiary/aromatic N) is 1. The lowest BCUT2D eigenvalue weighted by Gasteiger charge is -2.44. The molecule has 27 heavy (non-hydrogen) atoms. The molecule has 2 fully saturated rings. The van der Waals surface area contributed by atoms with Crippen LogP contribution in [0, 0.1) is 19.8 Å². The van der Waals surface area contributed by atoms with Gasteiger partial charge in [0, 0.05) is 29.6 Å². The minimum absolute atomic E-state index is 0.0333. The molecule has 5 heteroatoms. The van der Waals surface area contributed by atoms with Crippen LogP contribution in [0.15, 0.2) is 27.4 Å². The van der Waals surface area contributed by atoms with Gasteiger partial charge in [-0.15, -0.1) is 0 Å². The molecule has 0 bridgehead atoms. The summed E-state index contributed by atoms with van der Waals surface area (Å²) in [6, 6.07) is 5.63. The molecule has 2 heterocycles. The zero-order valence-corrected chi connectivity index (χ0v) is 16.1. The molecule has 2 atom stereocenters. The highest BCUT2D eigenvalue weighted by Gasteiger charge is 2.35. The summed E-state index contributed by atoms with van der Waals surface area (Å²) in [5.74, 6) is 1.33. The number of amides is 1. The van der Waals surface area contributed by atoms with Crippen molar-refractivity contribution in [3.63, 3.8) is 0 Å². The number of carbonyl (C=O) groups is 1. The monoisotopic (exact) mass is 369 g/mol. The van der Waals surface area contributed by atoms with Crippen molar-refractivity contribution in [3.8, 4) is 5.75 Å². The standard InChI is InChI=1S/C22H27NO4/c1-14-12-21(25)27-22-15(2)19(10-9-17(14)22)26-13-20(24)23-11-5-7-16-6-3-4-8-18(16)23/h9-10,12,16,18H,3-8,11,13H2,1-2H3/t16-,18+/m0/s1. The Bertz CT molecular complexity index is 914. The number of likely N-dealkylation sites (tertiary alicyclic amines) is 1. The van der Waals surface area contributed by atoms with E-state index in [2.05, 4.69) is 0 Å². The Morgan fingerprint density at radius 3 is 2.81 bits per heavy atom. The second-order valence-corrected chi connectivity index (χ2v) is 7.94. The second kappa shape index (κ2) is 7.37. The van der Waals surface area contributed by atoms with E-state index in [1.165, 1.54) is 31.7 Å². The Kier molecular flexibility index (Phi) is 4.94. The third kappa shape index (κ3) is 3.47. The van der Waals surface area contributed by atoms with E-state index in [9.17, 15) is 9.59 Å². The van der Waals surface area contributed by atoms with Crippen molar-refractivity contribution in [3.05, 3.63) is 39.7 Å². The number of hydrogen-bond donors (Lipinski definition) is 0. The highest BCUT2D eigenvalue weighted by atomic mass is 16.5. The SMILES string of the molecule is Cc1cc(=O)oc2c(C)c(OCC(=O)N3CCC[C@@H]4CCCC[C@H]43)ccc12. The first-order valence-corrected chi connectivity index (χ1v) is 10.0. The molecule has 4 rings (SSSR count). The molecule has 2 aromatic rings. The van der Waals surface area contributed by atoms with Crippen molar-refractivity contribution < 1.29 is 13.9 Å². The Balaban J connectivity index is 1.50. The molecule has 144 valence electrons. The Morgan fingerprint density at radius 2 is 1.96 bits per heavy atom. The molecule has 1 aliphatic heterocycles. The highest BCUT2D eigenvalue weighted by Crippen LogP contribution is 2.35. The number of benzene rings is 1. The molecular formula is C22H27NO4. The molecule has 5 nitrogen and oxygen atoms in total. The maximum absolute atomic E-state index is 12.8. The van der Waals surface area contributed by atoms with Gasteiger partial charge in [-0.05, 0) is 63.1 Å². The van der Waals surface area contributed by atoms with Gasteiger partial charge in [0.25, 0.3) is 5.91 Å². The molecule has 1 saturated heterocycles. The normalized spacial score (nSPS) is 22.5. The van der Waals surface area contributed by atoms with Gasteiger partial charge < -0.3 is 14.1 Å². The van der Waals surface area contributed by atoms with E-state index >= 15 is 0 Å². The highest BCUT2D eigenvalue weighted by molar-refractivity contribution is 5.85. The van der Waals surface area contributed by atoms with Crippen LogP contribution in [0.1, 0.15) is 49.7 Å². The third-order valence-corrected chi connectivity index (χ3v) is 6.23. The summed E-state index contributed by atoms with van der Waals surface area (Å²) in [6.45, 7) is 4.63. The quantitative estimate of drug-likeness (QED) is 0.768. The van der Waals surface area contributed by atoms with E-state index in [1.54, 1.807) is 0 Å².